The van der Waals surface area contributed by atoms with Crippen LogP contribution in [0.4, 0.5) is 4.79 Å². The fourth-order valence-electron chi connectivity index (χ4n) is 1.71. The Balaban J connectivity index is 2.40. The second-order valence-electron chi connectivity index (χ2n) is 5.19. The van der Waals surface area contributed by atoms with E-state index < -0.39 is 5.60 Å². The van der Waals surface area contributed by atoms with E-state index in [1.165, 1.54) is 0 Å². The lowest BCUT2D eigenvalue weighted by molar-refractivity contribution is 0.0359. The predicted molar refractivity (Wildman–Crippen MR) is 82.0 cm³/mol. The Morgan fingerprint density at radius 3 is 2.80 bits per heavy atom. The minimum atomic E-state index is -1.21. The number of nitrogens with one attached hydrogen (secondary N) is 2. The largest absolute Gasteiger partial charge is 0.463 e. The van der Waals surface area contributed by atoms with Crippen LogP contribution in [0.15, 0.2) is 16.5 Å². The van der Waals surface area contributed by atoms with Crippen LogP contribution < -0.4 is 10.6 Å². The number of aryl methyl sites for hydroxylation is 1. The summed E-state index contributed by atoms with van der Waals surface area (Å²) in [6.45, 7) is 5.49. The summed E-state index contributed by atoms with van der Waals surface area (Å²) < 4.78 is 5.39. The molecule has 3 N–H and O–H groups in total. The van der Waals surface area contributed by atoms with Gasteiger partial charge >= 0.3 is 6.03 Å². The summed E-state index contributed by atoms with van der Waals surface area (Å²) in [7, 11) is 0. The summed E-state index contributed by atoms with van der Waals surface area (Å²) in [5.74, 6) is 2.19. The molecule has 1 heterocycles. The molecule has 0 unspecified atom stereocenters. The average molecular weight is 300 g/mol. The molecule has 1 aromatic rings. The quantitative estimate of drug-likeness (QED) is 0.722. The van der Waals surface area contributed by atoms with Crippen molar-refractivity contribution in [3.05, 3.63) is 23.7 Å². The predicted octanol–water partition coefficient (Wildman–Crippen LogP) is 2.24. The number of amides is 2. The van der Waals surface area contributed by atoms with Crippen molar-refractivity contribution >= 4 is 17.8 Å². The summed E-state index contributed by atoms with van der Waals surface area (Å²) in [6, 6.07) is 3.34. The average Bonchev–Trinajstić information content (AvgIpc) is 2.81. The highest BCUT2D eigenvalue weighted by molar-refractivity contribution is 7.98. The SMILES string of the molecule is CSCC[C@H](C)NC(=O)NC[C@](C)(O)c1ccc(C)o1. The van der Waals surface area contributed by atoms with E-state index in [1.807, 2.05) is 20.1 Å². The van der Waals surface area contributed by atoms with Crippen molar-refractivity contribution in [2.75, 3.05) is 18.6 Å². The van der Waals surface area contributed by atoms with E-state index >= 15 is 0 Å². The molecule has 0 saturated heterocycles. The zero-order valence-corrected chi connectivity index (χ0v) is 13.3. The highest BCUT2D eigenvalue weighted by Gasteiger charge is 2.27. The van der Waals surface area contributed by atoms with E-state index in [-0.39, 0.29) is 18.6 Å². The minimum Gasteiger partial charge on any atom is -0.463 e. The maximum absolute atomic E-state index is 11.7. The standard InChI is InChI=1S/C14H24N2O3S/c1-10(7-8-20-4)16-13(17)15-9-14(3,18)12-6-5-11(2)19-12/h5-6,10,18H,7-9H2,1-4H3,(H2,15,16,17)/t10-,14-/m0/s1. The van der Waals surface area contributed by atoms with Crippen LogP contribution in [0.5, 0.6) is 0 Å². The first-order chi connectivity index (χ1) is 9.35. The lowest BCUT2D eigenvalue weighted by Gasteiger charge is -2.22. The minimum absolute atomic E-state index is 0.0982. The van der Waals surface area contributed by atoms with Gasteiger partial charge < -0.3 is 20.2 Å². The molecule has 0 spiro atoms. The van der Waals surface area contributed by atoms with Crippen LogP contribution in [0.25, 0.3) is 0 Å². The van der Waals surface area contributed by atoms with Gasteiger partial charge in [0.05, 0.1) is 6.54 Å². The van der Waals surface area contributed by atoms with E-state index in [0.717, 1.165) is 17.9 Å². The van der Waals surface area contributed by atoms with Gasteiger partial charge in [-0.05, 0) is 51.3 Å². The monoisotopic (exact) mass is 300 g/mol. The number of urea groups is 1. The molecule has 6 heteroatoms. The number of rotatable bonds is 7. The Kier molecular flexibility index (Phi) is 6.42. The normalized spacial score (nSPS) is 15.4. The number of furan rings is 1. The van der Waals surface area contributed by atoms with Crippen LogP contribution in [0.1, 0.15) is 31.8 Å². The van der Waals surface area contributed by atoms with Crippen LogP contribution >= 0.6 is 11.8 Å². The topological polar surface area (TPSA) is 74.5 Å². The molecule has 0 aromatic carbocycles. The van der Waals surface area contributed by atoms with Crippen LogP contribution in [0.2, 0.25) is 0 Å². The van der Waals surface area contributed by atoms with Crippen molar-refractivity contribution < 1.29 is 14.3 Å². The number of carbonyl (C=O) groups is 1. The first-order valence-electron chi connectivity index (χ1n) is 6.67. The van der Waals surface area contributed by atoms with E-state index in [0.29, 0.717) is 5.76 Å². The molecular weight excluding hydrogens is 276 g/mol. The molecule has 0 aliphatic rings. The number of carbonyl (C=O) groups excluding carboxylic acids is 1. The molecule has 1 rings (SSSR count). The molecule has 0 aliphatic heterocycles. The van der Waals surface area contributed by atoms with E-state index in [4.69, 9.17) is 4.42 Å². The van der Waals surface area contributed by atoms with Gasteiger partial charge in [-0.3, -0.25) is 0 Å². The van der Waals surface area contributed by atoms with Crippen LogP contribution in [-0.4, -0.2) is 35.7 Å². The van der Waals surface area contributed by atoms with Gasteiger partial charge in [-0.1, -0.05) is 0 Å². The van der Waals surface area contributed by atoms with Gasteiger partial charge in [0.25, 0.3) is 0 Å². The third-order valence-corrected chi connectivity index (χ3v) is 3.64. The maximum atomic E-state index is 11.7. The number of hydrogen-bond donors (Lipinski definition) is 3. The van der Waals surface area contributed by atoms with Crippen molar-refractivity contribution in [3.63, 3.8) is 0 Å². The summed E-state index contributed by atoms with van der Waals surface area (Å²) in [5, 5.41) is 15.8. The zero-order chi connectivity index (χ0) is 15.2. The van der Waals surface area contributed by atoms with Crippen LogP contribution in [0.3, 0.4) is 0 Å². The van der Waals surface area contributed by atoms with Crippen molar-refractivity contribution in [2.24, 2.45) is 0 Å². The summed E-state index contributed by atoms with van der Waals surface area (Å²) in [5.41, 5.74) is -1.21. The Labute approximate surface area is 124 Å². The van der Waals surface area contributed by atoms with Gasteiger partial charge in [0, 0.05) is 6.04 Å². The molecule has 0 saturated carbocycles. The van der Waals surface area contributed by atoms with Crippen LogP contribution in [-0.2, 0) is 5.60 Å². The Bertz CT molecular complexity index is 432. The van der Waals surface area contributed by atoms with Crippen molar-refractivity contribution in [1.82, 2.24) is 10.6 Å². The van der Waals surface area contributed by atoms with E-state index in [1.54, 1.807) is 30.8 Å². The third-order valence-electron chi connectivity index (χ3n) is 3.00. The number of aliphatic hydroxyl groups is 1. The summed E-state index contributed by atoms with van der Waals surface area (Å²) >= 11 is 1.75. The van der Waals surface area contributed by atoms with Gasteiger partial charge in [0.1, 0.15) is 17.1 Å². The summed E-state index contributed by atoms with van der Waals surface area (Å²) in [4.78, 5) is 11.7. The maximum Gasteiger partial charge on any atom is 0.315 e. The Hall–Kier alpha value is -1.14. The van der Waals surface area contributed by atoms with Crippen molar-refractivity contribution in [3.8, 4) is 0 Å². The molecular formula is C14H24N2O3S. The number of hydrogen-bond acceptors (Lipinski definition) is 4. The van der Waals surface area contributed by atoms with Crippen LogP contribution in [0, 0.1) is 6.92 Å². The molecule has 1 aromatic heterocycles. The van der Waals surface area contributed by atoms with Crippen molar-refractivity contribution in [2.45, 2.75) is 38.8 Å². The second kappa shape index (κ2) is 7.59. The fourth-order valence-corrected chi connectivity index (χ4v) is 2.29. The first-order valence-corrected chi connectivity index (χ1v) is 8.07. The van der Waals surface area contributed by atoms with E-state index in [2.05, 4.69) is 10.6 Å². The summed E-state index contributed by atoms with van der Waals surface area (Å²) in [6.07, 6.45) is 2.96. The Morgan fingerprint density at radius 2 is 2.25 bits per heavy atom. The zero-order valence-electron chi connectivity index (χ0n) is 12.5. The number of thioether (sulfide) groups is 1. The molecule has 0 radical (unpaired) electrons. The fraction of sp³-hybridized carbons (Fsp3) is 0.643. The lowest BCUT2D eigenvalue weighted by Crippen LogP contribution is -2.46. The molecule has 5 nitrogen and oxygen atoms in total. The van der Waals surface area contributed by atoms with Gasteiger partial charge in [0.2, 0.25) is 0 Å². The van der Waals surface area contributed by atoms with Gasteiger partial charge in [-0.15, -0.1) is 0 Å². The molecule has 2 amide bonds. The molecule has 114 valence electrons. The second-order valence-corrected chi connectivity index (χ2v) is 6.18. The molecule has 0 bridgehead atoms. The molecule has 20 heavy (non-hydrogen) atoms. The van der Waals surface area contributed by atoms with Gasteiger partial charge in [-0.25, -0.2) is 4.79 Å². The first kappa shape index (κ1) is 16.9. The van der Waals surface area contributed by atoms with E-state index in [9.17, 15) is 9.90 Å². The Morgan fingerprint density at radius 1 is 1.55 bits per heavy atom. The highest BCUT2D eigenvalue weighted by Crippen LogP contribution is 2.21. The van der Waals surface area contributed by atoms with Gasteiger partial charge in [0.15, 0.2) is 0 Å². The molecule has 2 atom stereocenters. The third kappa shape index (κ3) is 5.46. The highest BCUT2D eigenvalue weighted by atomic mass is 32.2. The molecule has 0 aliphatic carbocycles. The smallest absolute Gasteiger partial charge is 0.315 e. The van der Waals surface area contributed by atoms with Gasteiger partial charge in [-0.2, -0.15) is 11.8 Å². The lowest BCUT2D eigenvalue weighted by atomic mass is 10.0. The van der Waals surface area contributed by atoms with Crippen molar-refractivity contribution in [1.29, 1.82) is 0 Å². The molecule has 0 fully saturated rings.